The Labute approximate surface area is 142 Å². The highest BCUT2D eigenvalue weighted by molar-refractivity contribution is 6.33. The van der Waals surface area contributed by atoms with E-state index in [4.69, 9.17) is 11.6 Å². The molecule has 1 atom stereocenters. The lowest BCUT2D eigenvalue weighted by molar-refractivity contribution is -0.126. The Morgan fingerprint density at radius 2 is 2.04 bits per heavy atom. The van der Waals surface area contributed by atoms with Crippen LogP contribution in [0.4, 0.5) is 5.69 Å². The second kappa shape index (κ2) is 8.31. The SMILES string of the molecule is CCN(CC)CCNC(=O)C1CC(=O)N(c2ccccc2Cl)C1. The molecule has 6 heteroatoms. The molecule has 1 N–H and O–H groups in total. The molecule has 0 saturated carbocycles. The standard InChI is InChI=1S/C17H24ClN3O2/c1-3-20(4-2)10-9-19-17(23)13-11-16(22)21(12-13)15-8-6-5-7-14(15)18/h5-8,13H,3-4,9-12H2,1-2H3,(H,19,23). The third-order valence-electron chi connectivity index (χ3n) is 4.26. The lowest BCUT2D eigenvalue weighted by Gasteiger charge is -2.19. The molecular formula is C17H24ClN3O2. The van der Waals surface area contributed by atoms with Crippen LogP contribution in [0.15, 0.2) is 24.3 Å². The Morgan fingerprint density at radius 1 is 1.35 bits per heavy atom. The van der Waals surface area contributed by atoms with Crippen molar-refractivity contribution in [1.82, 2.24) is 10.2 Å². The van der Waals surface area contributed by atoms with Crippen LogP contribution in [0, 0.1) is 5.92 Å². The highest BCUT2D eigenvalue weighted by atomic mass is 35.5. The number of likely N-dealkylation sites (N-methyl/N-ethyl adjacent to an activating group) is 1. The Kier molecular flexibility index (Phi) is 6.42. The third-order valence-corrected chi connectivity index (χ3v) is 4.58. The second-order valence-electron chi connectivity index (χ2n) is 5.67. The van der Waals surface area contributed by atoms with Gasteiger partial charge in [-0.1, -0.05) is 37.6 Å². The Morgan fingerprint density at radius 3 is 2.70 bits per heavy atom. The average Bonchev–Trinajstić information content (AvgIpc) is 2.94. The molecule has 126 valence electrons. The molecule has 0 bridgehead atoms. The number of benzene rings is 1. The number of hydrogen-bond acceptors (Lipinski definition) is 3. The first-order valence-corrected chi connectivity index (χ1v) is 8.49. The van der Waals surface area contributed by atoms with Crippen molar-refractivity contribution in [2.24, 2.45) is 5.92 Å². The highest BCUT2D eigenvalue weighted by Crippen LogP contribution is 2.30. The zero-order valence-corrected chi connectivity index (χ0v) is 14.5. The fourth-order valence-corrected chi connectivity index (χ4v) is 3.05. The van der Waals surface area contributed by atoms with Crippen molar-refractivity contribution in [3.63, 3.8) is 0 Å². The first kappa shape index (κ1) is 17.8. The van der Waals surface area contributed by atoms with Crippen LogP contribution in [0.5, 0.6) is 0 Å². The van der Waals surface area contributed by atoms with E-state index in [9.17, 15) is 9.59 Å². The molecule has 2 amide bonds. The van der Waals surface area contributed by atoms with E-state index in [0.717, 1.165) is 19.6 Å². The first-order chi connectivity index (χ1) is 11.1. The van der Waals surface area contributed by atoms with Gasteiger partial charge in [0, 0.05) is 26.1 Å². The van der Waals surface area contributed by atoms with Crippen LogP contribution in [0.25, 0.3) is 0 Å². The summed E-state index contributed by atoms with van der Waals surface area (Å²) in [6.45, 7) is 7.96. The van der Waals surface area contributed by atoms with Gasteiger partial charge < -0.3 is 15.1 Å². The molecule has 1 aromatic rings. The maximum Gasteiger partial charge on any atom is 0.227 e. The molecule has 0 radical (unpaired) electrons. The summed E-state index contributed by atoms with van der Waals surface area (Å²) in [5.41, 5.74) is 0.678. The van der Waals surface area contributed by atoms with E-state index in [2.05, 4.69) is 24.1 Å². The van der Waals surface area contributed by atoms with Crippen LogP contribution >= 0.6 is 11.6 Å². The van der Waals surface area contributed by atoms with Crippen molar-refractivity contribution >= 4 is 29.1 Å². The summed E-state index contributed by atoms with van der Waals surface area (Å²) >= 11 is 6.15. The number of para-hydroxylation sites is 1. The van der Waals surface area contributed by atoms with Gasteiger partial charge in [0.15, 0.2) is 0 Å². The Hall–Kier alpha value is -1.59. The minimum atomic E-state index is -0.310. The van der Waals surface area contributed by atoms with Gasteiger partial charge in [-0.2, -0.15) is 0 Å². The predicted molar refractivity (Wildman–Crippen MR) is 92.7 cm³/mol. The van der Waals surface area contributed by atoms with Gasteiger partial charge in [-0.25, -0.2) is 0 Å². The average molecular weight is 338 g/mol. The van der Waals surface area contributed by atoms with Crippen molar-refractivity contribution < 1.29 is 9.59 Å². The van der Waals surface area contributed by atoms with Crippen molar-refractivity contribution in [3.05, 3.63) is 29.3 Å². The summed E-state index contributed by atoms with van der Waals surface area (Å²) in [5, 5.41) is 3.47. The molecule has 1 fully saturated rings. The lowest BCUT2D eigenvalue weighted by Crippen LogP contribution is -2.38. The number of nitrogens with zero attached hydrogens (tertiary/aromatic N) is 2. The van der Waals surface area contributed by atoms with Crippen LogP contribution in [-0.2, 0) is 9.59 Å². The number of carbonyl (C=O) groups excluding carboxylic acids is 2. The van der Waals surface area contributed by atoms with Gasteiger partial charge in [-0.05, 0) is 25.2 Å². The van der Waals surface area contributed by atoms with E-state index in [1.54, 1.807) is 17.0 Å². The topological polar surface area (TPSA) is 52.7 Å². The summed E-state index contributed by atoms with van der Waals surface area (Å²) in [4.78, 5) is 28.3. The quantitative estimate of drug-likeness (QED) is 0.829. The molecule has 1 unspecified atom stereocenters. The molecule has 2 rings (SSSR count). The van der Waals surface area contributed by atoms with E-state index in [1.807, 2.05) is 12.1 Å². The molecule has 0 aliphatic carbocycles. The molecule has 1 aromatic carbocycles. The van der Waals surface area contributed by atoms with Crippen LogP contribution < -0.4 is 10.2 Å². The summed E-state index contributed by atoms with van der Waals surface area (Å²) in [7, 11) is 0. The molecular weight excluding hydrogens is 314 g/mol. The smallest absolute Gasteiger partial charge is 0.227 e. The van der Waals surface area contributed by atoms with Crippen molar-refractivity contribution in [2.75, 3.05) is 37.6 Å². The number of nitrogens with one attached hydrogen (secondary N) is 1. The zero-order chi connectivity index (χ0) is 16.8. The first-order valence-electron chi connectivity index (χ1n) is 8.11. The molecule has 5 nitrogen and oxygen atoms in total. The van der Waals surface area contributed by atoms with Gasteiger partial charge in [0.25, 0.3) is 0 Å². The van der Waals surface area contributed by atoms with Gasteiger partial charge >= 0.3 is 0 Å². The molecule has 1 heterocycles. The lowest BCUT2D eigenvalue weighted by atomic mass is 10.1. The van der Waals surface area contributed by atoms with E-state index in [1.165, 1.54) is 0 Å². The second-order valence-corrected chi connectivity index (χ2v) is 6.08. The van der Waals surface area contributed by atoms with E-state index >= 15 is 0 Å². The molecule has 0 aromatic heterocycles. The predicted octanol–water partition coefficient (Wildman–Crippen LogP) is 2.15. The largest absolute Gasteiger partial charge is 0.355 e. The molecule has 23 heavy (non-hydrogen) atoms. The number of anilines is 1. The summed E-state index contributed by atoms with van der Waals surface area (Å²) in [5.74, 6) is -0.419. The molecule has 1 aliphatic rings. The highest BCUT2D eigenvalue weighted by Gasteiger charge is 2.35. The van der Waals surface area contributed by atoms with Crippen LogP contribution in [0.3, 0.4) is 0 Å². The van der Waals surface area contributed by atoms with Gasteiger partial charge in [-0.15, -0.1) is 0 Å². The van der Waals surface area contributed by atoms with Crippen molar-refractivity contribution in [3.8, 4) is 0 Å². The Balaban J connectivity index is 1.89. The number of carbonyl (C=O) groups is 2. The fraction of sp³-hybridized carbons (Fsp3) is 0.529. The van der Waals surface area contributed by atoms with Crippen LogP contribution in [-0.4, -0.2) is 49.4 Å². The number of hydrogen-bond donors (Lipinski definition) is 1. The van der Waals surface area contributed by atoms with Gasteiger partial charge in [-0.3, -0.25) is 9.59 Å². The number of halogens is 1. The van der Waals surface area contributed by atoms with Crippen LogP contribution in [0.1, 0.15) is 20.3 Å². The van der Waals surface area contributed by atoms with E-state index < -0.39 is 0 Å². The zero-order valence-electron chi connectivity index (χ0n) is 13.7. The summed E-state index contributed by atoms with van der Waals surface area (Å²) in [6, 6.07) is 7.22. The number of rotatable bonds is 7. The minimum Gasteiger partial charge on any atom is -0.355 e. The van der Waals surface area contributed by atoms with Gasteiger partial charge in [0.1, 0.15) is 0 Å². The van der Waals surface area contributed by atoms with Crippen LogP contribution in [0.2, 0.25) is 5.02 Å². The van der Waals surface area contributed by atoms with E-state index in [0.29, 0.717) is 23.8 Å². The maximum atomic E-state index is 12.3. The van der Waals surface area contributed by atoms with Crippen molar-refractivity contribution in [1.29, 1.82) is 0 Å². The van der Waals surface area contributed by atoms with Crippen molar-refractivity contribution in [2.45, 2.75) is 20.3 Å². The third kappa shape index (κ3) is 4.45. The number of amides is 2. The molecule has 1 saturated heterocycles. The minimum absolute atomic E-state index is 0.0537. The van der Waals surface area contributed by atoms with Gasteiger partial charge in [0.2, 0.25) is 11.8 Å². The summed E-state index contributed by atoms with van der Waals surface area (Å²) in [6.07, 6.45) is 0.238. The monoisotopic (exact) mass is 337 g/mol. The normalized spacial score (nSPS) is 17.8. The fourth-order valence-electron chi connectivity index (χ4n) is 2.81. The van der Waals surface area contributed by atoms with Gasteiger partial charge in [0.05, 0.1) is 16.6 Å². The Bertz CT molecular complexity index is 561. The molecule has 0 spiro atoms. The maximum absolute atomic E-state index is 12.3. The molecule has 1 aliphatic heterocycles. The summed E-state index contributed by atoms with van der Waals surface area (Å²) < 4.78 is 0. The van der Waals surface area contributed by atoms with E-state index in [-0.39, 0.29) is 24.2 Å².